The molecule has 0 aliphatic heterocycles. The first-order valence-corrected chi connectivity index (χ1v) is 6.10. The number of aryl methyl sites for hydroxylation is 2. The minimum Gasteiger partial charge on any atom is -0.396 e. The van der Waals surface area contributed by atoms with Gasteiger partial charge in [0.1, 0.15) is 0 Å². The van der Waals surface area contributed by atoms with Crippen LogP contribution in [-0.2, 0) is 13.5 Å². The SMILES string of the molecule is CCc1nn(C)cc1C(=O)NCCCCCO. The van der Waals surface area contributed by atoms with Gasteiger partial charge in [0, 0.05) is 26.4 Å². The number of nitrogens with zero attached hydrogens (tertiary/aromatic N) is 2. The lowest BCUT2D eigenvalue weighted by Crippen LogP contribution is -2.25. The lowest BCUT2D eigenvalue weighted by molar-refractivity contribution is 0.0952. The van der Waals surface area contributed by atoms with Crippen LogP contribution in [-0.4, -0.2) is 33.9 Å². The largest absolute Gasteiger partial charge is 0.396 e. The molecule has 5 heteroatoms. The van der Waals surface area contributed by atoms with Crippen LogP contribution in [0.4, 0.5) is 0 Å². The summed E-state index contributed by atoms with van der Waals surface area (Å²) < 4.78 is 1.67. The fourth-order valence-corrected chi connectivity index (χ4v) is 1.70. The van der Waals surface area contributed by atoms with Crippen LogP contribution in [0.3, 0.4) is 0 Å². The monoisotopic (exact) mass is 239 g/mol. The van der Waals surface area contributed by atoms with Crippen LogP contribution in [0.15, 0.2) is 6.20 Å². The van der Waals surface area contributed by atoms with Gasteiger partial charge in [-0.25, -0.2) is 0 Å². The van der Waals surface area contributed by atoms with Gasteiger partial charge in [0.25, 0.3) is 5.91 Å². The molecule has 0 fully saturated rings. The van der Waals surface area contributed by atoms with Crippen molar-refractivity contribution in [3.8, 4) is 0 Å². The molecule has 1 aromatic heterocycles. The zero-order valence-electron chi connectivity index (χ0n) is 10.6. The Bertz CT molecular complexity index is 361. The van der Waals surface area contributed by atoms with Crippen molar-refractivity contribution in [2.24, 2.45) is 7.05 Å². The van der Waals surface area contributed by atoms with E-state index in [0.717, 1.165) is 31.4 Å². The highest BCUT2D eigenvalue weighted by Crippen LogP contribution is 2.06. The van der Waals surface area contributed by atoms with Gasteiger partial charge in [-0.05, 0) is 25.7 Å². The Morgan fingerprint density at radius 3 is 2.88 bits per heavy atom. The van der Waals surface area contributed by atoms with Crippen molar-refractivity contribution in [3.63, 3.8) is 0 Å². The first-order valence-electron chi connectivity index (χ1n) is 6.10. The Balaban J connectivity index is 2.41. The van der Waals surface area contributed by atoms with E-state index in [-0.39, 0.29) is 12.5 Å². The fourth-order valence-electron chi connectivity index (χ4n) is 1.70. The number of aromatic nitrogens is 2. The van der Waals surface area contributed by atoms with Crippen molar-refractivity contribution in [2.45, 2.75) is 32.6 Å². The lowest BCUT2D eigenvalue weighted by atomic mass is 10.2. The molecule has 0 saturated heterocycles. The van der Waals surface area contributed by atoms with Gasteiger partial charge in [-0.15, -0.1) is 0 Å². The summed E-state index contributed by atoms with van der Waals surface area (Å²) in [5, 5.41) is 15.7. The lowest BCUT2D eigenvalue weighted by Gasteiger charge is -2.04. The van der Waals surface area contributed by atoms with Crippen LogP contribution in [0, 0.1) is 0 Å². The van der Waals surface area contributed by atoms with Gasteiger partial charge in [-0.1, -0.05) is 6.92 Å². The van der Waals surface area contributed by atoms with E-state index < -0.39 is 0 Å². The minimum absolute atomic E-state index is 0.0565. The molecule has 17 heavy (non-hydrogen) atoms. The molecule has 1 heterocycles. The number of aliphatic hydroxyl groups excluding tert-OH is 1. The number of nitrogens with one attached hydrogen (secondary N) is 1. The molecule has 1 aromatic rings. The van der Waals surface area contributed by atoms with Gasteiger partial charge in [0.15, 0.2) is 0 Å². The maximum atomic E-state index is 11.9. The average molecular weight is 239 g/mol. The molecule has 0 unspecified atom stereocenters. The van der Waals surface area contributed by atoms with E-state index in [0.29, 0.717) is 12.1 Å². The number of carbonyl (C=O) groups excluding carboxylic acids is 1. The summed E-state index contributed by atoms with van der Waals surface area (Å²) in [6, 6.07) is 0. The normalized spacial score (nSPS) is 10.5. The molecule has 0 spiro atoms. The summed E-state index contributed by atoms with van der Waals surface area (Å²) in [4.78, 5) is 11.9. The number of rotatable bonds is 7. The molecule has 2 N–H and O–H groups in total. The molecule has 0 aliphatic rings. The second-order valence-electron chi connectivity index (χ2n) is 4.06. The van der Waals surface area contributed by atoms with E-state index in [1.807, 2.05) is 14.0 Å². The van der Waals surface area contributed by atoms with Crippen molar-refractivity contribution < 1.29 is 9.90 Å². The molecule has 1 rings (SSSR count). The summed E-state index contributed by atoms with van der Waals surface area (Å²) in [5.74, 6) is -0.0565. The Kier molecular flexibility index (Phi) is 5.69. The highest BCUT2D eigenvalue weighted by Gasteiger charge is 2.13. The van der Waals surface area contributed by atoms with Gasteiger partial charge in [-0.3, -0.25) is 9.48 Å². The average Bonchev–Trinajstić information content (AvgIpc) is 2.70. The predicted molar refractivity (Wildman–Crippen MR) is 65.9 cm³/mol. The van der Waals surface area contributed by atoms with Gasteiger partial charge < -0.3 is 10.4 Å². The van der Waals surface area contributed by atoms with E-state index in [1.54, 1.807) is 10.9 Å². The molecule has 0 saturated carbocycles. The van der Waals surface area contributed by atoms with Crippen LogP contribution >= 0.6 is 0 Å². The summed E-state index contributed by atoms with van der Waals surface area (Å²) in [6.45, 7) is 2.85. The van der Waals surface area contributed by atoms with E-state index in [9.17, 15) is 4.79 Å². The molecular weight excluding hydrogens is 218 g/mol. The van der Waals surface area contributed by atoms with E-state index in [2.05, 4.69) is 10.4 Å². The van der Waals surface area contributed by atoms with E-state index >= 15 is 0 Å². The third kappa shape index (κ3) is 4.19. The number of hydrogen-bond acceptors (Lipinski definition) is 3. The second-order valence-corrected chi connectivity index (χ2v) is 4.06. The van der Waals surface area contributed by atoms with Crippen molar-refractivity contribution in [3.05, 3.63) is 17.5 Å². The fraction of sp³-hybridized carbons (Fsp3) is 0.667. The number of amides is 1. The minimum atomic E-state index is -0.0565. The molecule has 0 aliphatic carbocycles. The van der Waals surface area contributed by atoms with Crippen molar-refractivity contribution in [1.29, 1.82) is 0 Å². The molecule has 1 amide bonds. The maximum Gasteiger partial charge on any atom is 0.254 e. The van der Waals surface area contributed by atoms with Crippen LogP contribution in [0.25, 0.3) is 0 Å². The summed E-state index contributed by atoms with van der Waals surface area (Å²) in [5.41, 5.74) is 1.50. The molecular formula is C12H21N3O2. The number of carbonyl (C=O) groups is 1. The number of unbranched alkanes of at least 4 members (excludes halogenated alkanes) is 2. The predicted octanol–water partition coefficient (Wildman–Crippen LogP) is 0.875. The molecule has 0 aromatic carbocycles. The first kappa shape index (κ1) is 13.7. The molecule has 0 atom stereocenters. The smallest absolute Gasteiger partial charge is 0.254 e. The van der Waals surface area contributed by atoms with Gasteiger partial charge in [-0.2, -0.15) is 5.10 Å². The molecule has 96 valence electrons. The zero-order valence-corrected chi connectivity index (χ0v) is 10.6. The number of aliphatic hydroxyl groups is 1. The molecule has 5 nitrogen and oxygen atoms in total. The van der Waals surface area contributed by atoms with E-state index in [1.165, 1.54) is 0 Å². The summed E-state index contributed by atoms with van der Waals surface area (Å²) >= 11 is 0. The Morgan fingerprint density at radius 2 is 2.24 bits per heavy atom. The third-order valence-electron chi connectivity index (χ3n) is 2.61. The van der Waals surface area contributed by atoms with Crippen LogP contribution in [0.1, 0.15) is 42.2 Å². The Hall–Kier alpha value is -1.36. The Labute approximate surface area is 102 Å². The standard InChI is InChI=1S/C12H21N3O2/c1-3-11-10(9-15(2)14-11)12(17)13-7-5-4-6-8-16/h9,16H,3-8H2,1-2H3,(H,13,17). The van der Waals surface area contributed by atoms with Crippen molar-refractivity contribution >= 4 is 5.91 Å². The topological polar surface area (TPSA) is 67.2 Å². The van der Waals surface area contributed by atoms with Crippen LogP contribution in [0.5, 0.6) is 0 Å². The van der Waals surface area contributed by atoms with Gasteiger partial charge in [0.2, 0.25) is 0 Å². The maximum absolute atomic E-state index is 11.9. The quantitative estimate of drug-likeness (QED) is 0.694. The first-order chi connectivity index (χ1) is 8.19. The van der Waals surface area contributed by atoms with Crippen LogP contribution in [0.2, 0.25) is 0 Å². The van der Waals surface area contributed by atoms with Gasteiger partial charge in [0.05, 0.1) is 11.3 Å². The van der Waals surface area contributed by atoms with Gasteiger partial charge >= 0.3 is 0 Å². The van der Waals surface area contributed by atoms with Crippen molar-refractivity contribution in [1.82, 2.24) is 15.1 Å². The zero-order chi connectivity index (χ0) is 12.7. The second kappa shape index (κ2) is 7.06. The molecule has 0 radical (unpaired) electrons. The highest BCUT2D eigenvalue weighted by molar-refractivity contribution is 5.95. The third-order valence-corrected chi connectivity index (χ3v) is 2.61. The highest BCUT2D eigenvalue weighted by atomic mass is 16.2. The Morgan fingerprint density at radius 1 is 1.47 bits per heavy atom. The van der Waals surface area contributed by atoms with Crippen molar-refractivity contribution in [2.75, 3.05) is 13.2 Å². The summed E-state index contributed by atoms with van der Waals surface area (Å²) in [7, 11) is 1.82. The van der Waals surface area contributed by atoms with Crippen LogP contribution < -0.4 is 5.32 Å². The van der Waals surface area contributed by atoms with E-state index in [4.69, 9.17) is 5.11 Å². The number of hydrogen-bond donors (Lipinski definition) is 2. The molecule has 0 bridgehead atoms. The summed E-state index contributed by atoms with van der Waals surface area (Å²) in [6.07, 6.45) is 5.14.